The number of nitrogens with two attached hydrogens (primary N) is 1. The summed E-state index contributed by atoms with van der Waals surface area (Å²) < 4.78 is 1.79. The highest BCUT2D eigenvalue weighted by atomic mass is 15.3. The highest BCUT2D eigenvalue weighted by Gasteiger charge is 2.07. The Kier molecular flexibility index (Phi) is 3.29. The summed E-state index contributed by atoms with van der Waals surface area (Å²) in [5, 5.41) is 4.26. The van der Waals surface area contributed by atoms with Gasteiger partial charge in [-0.1, -0.05) is 19.8 Å². The van der Waals surface area contributed by atoms with Crippen molar-refractivity contribution >= 4 is 0 Å². The van der Waals surface area contributed by atoms with Crippen molar-refractivity contribution in [3.63, 3.8) is 0 Å². The molecule has 2 N–H and O–H groups in total. The standard InChI is InChI=1S/C9H17N3/c1-3-4-5-8(10)9-6-7-12(2)11-9/h6-8H,3-5,10H2,1-2H3. The molecule has 0 aliphatic carbocycles. The number of aryl methyl sites for hydroxylation is 1. The topological polar surface area (TPSA) is 43.8 Å². The maximum Gasteiger partial charge on any atom is 0.0791 e. The van der Waals surface area contributed by atoms with Crippen molar-refractivity contribution in [2.24, 2.45) is 12.8 Å². The molecule has 0 saturated heterocycles. The molecule has 0 bridgehead atoms. The van der Waals surface area contributed by atoms with Crippen molar-refractivity contribution in [3.05, 3.63) is 18.0 Å². The summed E-state index contributed by atoms with van der Waals surface area (Å²) in [6.07, 6.45) is 5.34. The predicted molar refractivity (Wildman–Crippen MR) is 49.7 cm³/mol. The van der Waals surface area contributed by atoms with Crippen LogP contribution in [0.5, 0.6) is 0 Å². The van der Waals surface area contributed by atoms with E-state index in [0.717, 1.165) is 12.1 Å². The van der Waals surface area contributed by atoms with Crippen LogP contribution in [0.1, 0.15) is 37.9 Å². The fourth-order valence-electron chi connectivity index (χ4n) is 1.20. The molecule has 0 aliphatic rings. The van der Waals surface area contributed by atoms with Crippen molar-refractivity contribution in [3.8, 4) is 0 Å². The second kappa shape index (κ2) is 4.26. The summed E-state index contributed by atoms with van der Waals surface area (Å²) in [5.74, 6) is 0. The number of rotatable bonds is 4. The Morgan fingerprint density at radius 3 is 2.92 bits per heavy atom. The van der Waals surface area contributed by atoms with Gasteiger partial charge in [0.1, 0.15) is 0 Å². The summed E-state index contributed by atoms with van der Waals surface area (Å²) in [6, 6.07) is 2.10. The molecular weight excluding hydrogens is 150 g/mol. The Morgan fingerprint density at radius 1 is 1.67 bits per heavy atom. The van der Waals surface area contributed by atoms with Gasteiger partial charge in [0, 0.05) is 19.3 Å². The highest BCUT2D eigenvalue weighted by Crippen LogP contribution is 2.13. The maximum atomic E-state index is 5.92. The molecule has 1 aromatic rings. The second-order valence-electron chi connectivity index (χ2n) is 3.16. The van der Waals surface area contributed by atoms with E-state index < -0.39 is 0 Å². The molecule has 68 valence electrons. The Bertz CT molecular complexity index is 229. The molecule has 0 spiro atoms. The van der Waals surface area contributed by atoms with Gasteiger partial charge in [-0.05, 0) is 12.5 Å². The molecule has 1 atom stereocenters. The zero-order valence-corrected chi connectivity index (χ0v) is 7.83. The average molecular weight is 167 g/mol. The Morgan fingerprint density at radius 2 is 2.42 bits per heavy atom. The summed E-state index contributed by atoms with van der Waals surface area (Å²) in [6.45, 7) is 2.17. The van der Waals surface area contributed by atoms with Crippen LogP contribution in [0.4, 0.5) is 0 Å². The lowest BCUT2D eigenvalue weighted by Crippen LogP contribution is -2.11. The monoisotopic (exact) mass is 167 g/mol. The van der Waals surface area contributed by atoms with Gasteiger partial charge in [-0.25, -0.2) is 0 Å². The third-order valence-corrected chi connectivity index (χ3v) is 1.98. The lowest BCUT2D eigenvalue weighted by atomic mass is 10.1. The molecule has 3 heteroatoms. The average Bonchev–Trinajstić information content (AvgIpc) is 2.47. The molecule has 0 radical (unpaired) electrons. The van der Waals surface area contributed by atoms with Crippen LogP contribution in [0.15, 0.2) is 12.3 Å². The third kappa shape index (κ3) is 2.34. The number of aromatic nitrogens is 2. The predicted octanol–water partition coefficient (Wildman–Crippen LogP) is 1.61. The first-order chi connectivity index (χ1) is 5.74. The molecule has 0 amide bonds. The fourth-order valence-corrected chi connectivity index (χ4v) is 1.20. The number of hydrogen-bond acceptors (Lipinski definition) is 2. The lowest BCUT2D eigenvalue weighted by molar-refractivity contribution is 0.578. The van der Waals surface area contributed by atoms with Crippen LogP contribution in [-0.2, 0) is 7.05 Å². The minimum atomic E-state index is 0.117. The van der Waals surface area contributed by atoms with E-state index in [4.69, 9.17) is 5.73 Å². The Balaban J connectivity index is 2.47. The molecular formula is C9H17N3. The van der Waals surface area contributed by atoms with E-state index in [1.807, 2.05) is 19.3 Å². The van der Waals surface area contributed by atoms with Gasteiger partial charge in [0.2, 0.25) is 0 Å². The first-order valence-electron chi connectivity index (χ1n) is 4.49. The van der Waals surface area contributed by atoms with Gasteiger partial charge in [-0.2, -0.15) is 5.10 Å². The quantitative estimate of drug-likeness (QED) is 0.740. The van der Waals surface area contributed by atoms with E-state index in [9.17, 15) is 0 Å². The zero-order valence-electron chi connectivity index (χ0n) is 7.83. The molecule has 3 nitrogen and oxygen atoms in total. The van der Waals surface area contributed by atoms with E-state index in [1.165, 1.54) is 12.8 Å². The van der Waals surface area contributed by atoms with Crippen molar-refractivity contribution in [2.75, 3.05) is 0 Å². The maximum absolute atomic E-state index is 5.92. The minimum Gasteiger partial charge on any atom is -0.323 e. The van der Waals surface area contributed by atoms with Crippen LogP contribution in [-0.4, -0.2) is 9.78 Å². The fraction of sp³-hybridized carbons (Fsp3) is 0.667. The van der Waals surface area contributed by atoms with Crippen molar-refractivity contribution in [1.29, 1.82) is 0 Å². The van der Waals surface area contributed by atoms with Gasteiger partial charge in [0.25, 0.3) is 0 Å². The van der Waals surface area contributed by atoms with E-state index in [-0.39, 0.29) is 6.04 Å². The van der Waals surface area contributed by atoms with Gasteiger partial charge < -0.3 is 5.73 Å². The van der Waals surface area contributed by atoms with E-state index in [2.05, 4.69) is 12.0 Å². The number of hydrogen-bond donors (Lipinski definition) is 1. The number of nitrogens with zero attached hydrogens (tertiary/aromatic N) is 2. The number of unbranched alkanes of at least 4 members (excludes halogenated alkanes) is 1. The molecule has 0 saturated carbocycles. The van der Waals surface area contributed by atoms with Crippen molar-refractivity contribution in [1.82, 2.24) is 9.78 Å². The van der Waals surface area contributed by atoms with Crippen LogP contribution in [0.3, 0.4) is 0 Å². The van der Waals surface area contributed by atoms with Gasteiger partial charge >= 0.3 is 0 Å². The smallest absolute Gasteiger partial charge is 0.0791 e. The van der Waals surface area contributed by atoms with E-state index >= 15 is 0 Å². The summed E-state index contributed by atoms with van der Waals surface area (Å²) in [7, 11) is 1.91. The van der Waals surface area contributed by atoms with Crippen molar-refractivity contribution in [2.45, 2.75) is 32.2 Å². The Labute approximate surface area is 73.6 Å². The SMILES string of the molecule is CCCCC(N)c1ccn(C)n1. The molecule has 1 heterocycles. The van der Waals surface area contributed by atoms with Crippen LogP contribution in [0.2, 0.25) is 0 Å². The largest absolute Gasteiger partial charge is 0.323 e. The molecule has 1 unspecified atom stereocenters. The van der Waals surface area contributed by atoms with Crippen LogP contribution in [0, 0.1) is 0 Å². The van der Waals surface area contributed by atoms with E-state index in [1.54, 1.807) is 4.68 Å². The zero-order chi connectivity index (χ0) is 8.97. The van der Waals surface area contributed by atoms with Gasteiger partial charge in [0.05, 0.1) is 5.69 Å². The van der Waals surface area contributed by atoms with Crippen LogP contribution < -0.4 is 5.73 Å². The molecule has 0 aliphatic heterocycles. The summed E-state index contributed by atoms with van der Waals surface area (Å²) in [5.41, 5.74) is 6.92. The lowest BCUT2D eigenvalue weighted by Gasteiger charge is -2.06. The third-order valence-electron chi connectivity index (χ3n) is 1.98. The van der Waals surface area contributed by atoms with Crippen LogP contribution >= 0.6 is 0 Å². The summed E-state index contributed by atoms with van der Waals surface area (Å²) in [4.78, 5) is 0. The Hall–Kier alpha value is -0.830. The first-order valence-corrected chi connectivity index (χ1v) is 4.49. The molecule has 0 aromatic carbocycles. The first kappa shape index (κ1) is 9.26. The van der Waals surface area contributed by atoms with E-state index in [0.29, 0.717) is 0 Å². The minimum absolute atomic E-state index is 0.117. The highest BCUT2D eigenvalue weighted by molar-refractivity contribution is 5.03. The summed E-state index contributed by atoms with van der Waals surface area (Å²) >= 11 is 0. The molecule has 0 fully saturated rings. The molecule has 12 heavy (non-hydrogen) atoms. The van der Waals surface area contributed by atoms with Gasteiger partial charge in [0.15, 0.2) is 0 Å². The molecule has 1 rings (SSSR count). The normalized spacial score (nSPS) is 13.2. The van der Waals surface area contributed by atoms with Crippen LogP contribution in [0.25, 0.3) is 0 Å². The second-order valence-corrected chi connectivity index (χ2v) is 3.16. The molecule has 1 aromatic heterocycles. The van der Waals surface area contributed by atoms with Gasteiger partial charge in [-0.3, -0.25) is 4.68 Å². The van der Waals surface area contributed by atoms with Crippen molar-refractivity contribution < 1.29 is 0 Å². The van der Waals surface area contributed by atoms with Gasteiger partial charge in [-0.15, -0.1) is 0 Å².